The van der Waals surface area contributed by atoms with Gasteiger partial charge < -0.3 is 40.5 Å². The number of benzene rings is 4. The van der Waals surface area contributed by atoms with Crippen LogP contribution in [0.4, 0.5) is 0 Å². The van der Waals surface area contributed by atoms with E-state index < -0.39 is 35.4 Å². The van der Waals surface area contributed by atoms with Crippen LogP contribution in [0.3, 0.4) is 0 Å². The summed E-state index contributed by atoms with van der Waals surface area (Å²) in [5.74, 6) is -5.18. The normalized spacial score (nSPS) is 21.0. The van der Waals surface area contributed by atoms with Crippen molar-refractivity contribution in [1.29, 1.82) is 0 Å². The summed E-state index contributed by atoms with van der Waals surface area (Å²) in [5.41, 5.74) is 1.76. The number of allylic oxidation sites excluding steroid dienone is 2. The molecular weight excluding hydrogens is 580 g/mol. The highest BCUT2D eigenvalue weighted by Crippen LogP contribution is 2.52. The lowest BCUT2D eigenvalue weighted by molar-refractivity contribution is 0.0846. The van der Waals surface area contributed by atoms with E-state index in [9.17, 15) is 45.3 Å². The van der Waals surface area contributed by atoms with E-state index >= 15 is 0 Å². The minimum atomic E-state index is -1.03. The fraction of sp³-hybridized carbons (Fsp3) is 0.200. The first-order valence-corrected chi connectivity index (χ1v) is 14.2. The number of phenolic OH excluding ortho intramolecular Hbond substituents is 7. The summed E-state index contributed by atoms with van der Waals surface area (Å²) in [6.45, 7) is 1.83. The van der Waals surface area contributed by atoms with Crippen LogP contribution in [0.15, 0.2) is 78.4 Å². The molecule has 0 aromatic heterocycles. The first-order valence-electron chi connectivity index (χ1n) is 14.2. The Labute approximate surface area is 257 Å². The lowest BCUT2D eigenvalue weighted by Gasteiger charge is -2.37. The highest BCUT2D eigenvalue weighted by molar-refractivity contribution is 6.02. The number of ether oxygens (including phenoxy) is 1. The van der Waals surface area contributed by atoms with Gasteiger partial charge in [-0.25, -0.2) is 0 Å². The minimum Gasteiger partial charge on any atom is -0.508 e. The molecule has 0 unspecified atom stereocenters. The molecule has 45 heavy (non-hydrogen) atoms. The van der Waals surface area contributed by atoms with Gasteiger partial charge in [0, 0.05) is 53.1 Å². The van der Waals surface area contributed by atoms with Gasteiger partial charge in [-0.1, -0.05) is 17.7 Å². The van der Waals surface area contributed by atoms with Gasteiger partial charge in [-0.15, -0.1) is 0 Å². The van der Waals surface area contributed by atoms with Gasteiger partial charge >= 0.3 is 0 Å². The molecule has 1 aliphatic carbocycles. The molecule has 1 aliphatic heterocycles. The zero-order valence-corrected chi connectivity index (χ0v) is 24.0. The zero-order chi connectivity index (χ0) is 32.2. The molecule has 0 radical (unpaired) electrons. The highest BCUT2D eigenvalue weighted by atomic mass is 16.5. The van der Waals surface area contributed by atoms with Gasteiger partial charge in [0.05, 0.1) is 17.5 Å². The molecule has 0 amide bonds. The van der Waals surface area contributed by atoms with Crippen molar-refractivity contribution in [2.24, 2.45) is 5.92 Å². The van der Waals surface area contributed by atoms with Crippen LogP contribution in [0.25, 0.3) is 0 Å². The van der Waals surface area contributed by atoms with E-state index in [1.54, 1.807) is 6.08 Å². The number of carbonyl (C=O) groups excluding carboxylic acids is 2. The number of hydrogen-bond acceptors (Lipinski definition) is 10. The first-order chi connectivity index (χ1) is 21.4. The van der Waals surface area contributed by atoms with Crippen LogP contribution >= 0.6 is 0 Å². The molecule has 1 heterocycles. The third-order valence-corrected chi connectivity index (χ3v) is 8.58. The third kappa shape index (κ3) is 5.35. The number of fused-ring (bicyclic) bond motifs is 1. The maximum Gasteiger partial charge on any atom is 0.171 e. The number of aromatic hydroxyl groups is 7. The molecule has 4 atom stereocenters. The van der Waals surface area contributed by atoms with Gasteiger partial charge in [0.2, 0.25) is 0 Å². The second-order valence-corrected chi connectivity index (χ2v) is 11.6. The fourth-order valence-corrected chi connectivity index (χ4v) is 6.51. The lowest BCUT2D eigenvalue weighted by Crippen LogP contribution is -2.31. The summed E-state index contributed by atoms with van der Waals surface area (Å²) in [6.07, 6.45) is 0.996. The molecule has 4 aromatic rings. The standard InChI is InChI=1S/C35H30O10/c1-16-8-24(20-5-2-17(36)10-27(20)39)34(35(44)22-7-4-18(37)11-28(22)40)25(9-16)23-13-26(30(42)14-29(23)41)33-15-31(43)21-6-3-19(38)12-32(21)45-33/h2-7,9-14,24-25,33-34,36-42H,8,15H2,1H3/t24-,25+,33-,34-/m1/s1. The Morgan fingerprint density at radius 2 is 1.31 bits per heavy atom. The third-order valence-electron chi connectivity index (χ3n) is 8.58. The molecule has 4 aromatic carbocycles. The van der Waals surface area contributed by atoms with Crippen LogP contribution < -0.4 is 4.74 Å². The van der Waals surface area contributed by atoms with Crippen LogP contribution in [0, 0.1) is 5.92 Å². The Balaban J connectivity index is 1.50. The predicted molar refractivity (Wildman–Crippen MR) is 161 cm³/mol. The van der Waals surface area contributed by atoms with Crippen molar-refractivity contribution in [3.63, 3.8) is 0 Å². The molecule has 0 saturated heterocycles. The van der Waals surface area contributed by atoms with E-state index in [0.717, 1.165) is 17.7 Å². The maximum absolute atomic E-state index is 14.3. The number of rotatable bonds is 5. The summed E-state index contributed by atoms with van der Waals surface area (Å²) < 4.78 is 6.02. The molecule has 7 N–H and O–H groups in total. The van der Waals surface area contributed by atoms with Crippen LogP contribution in [0.5, 0.6) is 46.0 Å². The van der Waals surface area contributed by atoms with E-state index in [4.69, 9.17) is 4.74 Å². The average molecular weight is 611 g/mol. The van der Waals surface area contributed by atoms with Crippen molar-refractivity contribution in [2.75, 3.05) is 0 Å². The van der Waals surface area contributed by atoms with Crippen molar-refractivity contribution < 1.29 is 50.1 Å². The topological polar surface area (TPSA) is 185 Å². The maximum atomic E-state index is 14.3. The van der Waals surface area contributed by atoms with Gasteiger partial charge in [-0.3, -0.25) is 9.59 Å². The van der Waals surface area contributed by atoms with E-state index in [0.29, 0.717) is 12.0 Å². The number of carbonyl (C=O) groups is 2. The highest BCUT2D eigenvalue weighted by Gasteiger charge is 2.43. The molecule has 230 valence electrons. The molecule has 0 fully saturated rings. The van der Waals surface area contributed by atoms with Gasteiger partial charge in [0.1, 0.15) is 52.1 Å². The monoisotopic (exact) mass is 610 g/mol. The minimum absolute atomic E-state index is 0.0878. The Hall–Kier alpha value is -5.64. The van der Waals surface area contributed by atoms with Crippen molar-refractivity contribution in [3.8, 4) is 46.0 Å². The van der Waals surface area contributed by atoms with E-state index in [1.807, 2.05) is 6.92 Å². The molecular formula is C35H30O10. The second-order valence-electron chi connectivity index (χ2n) is 11.6. The van der Waals surface area contributed by atoms with Gasteiger partial charge in [-0.2, -0.15) is 0 Å². The SMILES string of the molecule is CC1=C[C@@H](c2cc([C@H]3CC(=O)c4ccc(O)cc4O3)c(O)cc2O)[C@H](C(=O)c2ccc(O)cc2O)[C@@H](c2ccc(O)cc2O)C1. The largest absolute Gasteiger partial charge is 0.508 e. The summed E-state index contributed by atoms with van der Waals surface area (Å²) in [7, 11) is 0. The van der Waals surface area contributed by atoms with E-state index in [-0.39, 0.29) is 74.7 Å². The van der Waals surface area contributed by atoms with Gasteiger partial charge in [-0.05, 0) is 55.3 Å². The predicted octanol–water partition coefficient (Wildman–Crippen LogP) is 6.05. The number of phenols is 7. The Bertz CT molecular complexity index is 1890. The van der Waals surface area contributed by atoms with Crippen molar-refractivity contribution >= 4 is 11.6 Å². The van der Waals surface area contributed by atoms with Gasteiger partial charge in [0.25, 0.3) is 0 Å². The van der Waals surface area contributed by atoms with Crippen molar-refractivity contribution in [1.82, 2.24) is 0 Å². The second kappa shape index (κ2) is 11.1. The van der Waals surface area contributed by atoms with Gasteiger partial charge in [0.15, 0.2) is 11.6 Å². The molecule has 10 heteroatoms. The molecule has 0 bridgehead atoms. The summed E-state index contributed by atoms with van der Waals surface area (Å²) >= 11 is 0. The molecule has 10 nitrogen and oxygen atoms in total. The van der Waals surface area contributed by atoms with E-state index in [2.05, 4.69) is 0 Å². The quantitative estimate of drug-likeness (QED) is 0.104. The Morgan fingerprint density at radius 1 is 0.689 bits per heavy atom. The van der Waals surface area contributed by atoms with Crippen LogP contribution in [0.2, 0.25) is 0 Å². The van der Waals surface area contributed by atoms with Crippen LogP contribution in [0.1, 0.15) is 75.1 Å². The number of Topliss-reactive ketones (excluding diaryl/α,β-unsaturated/α-hetero) is 2. The molecule has 6 rings (SSSR count). The Kier molecular flexibility index (Phi) is 7.28. The fourth-order valence-electron chi connectivity index (χ4n) is 6.51. The summed E-state index contributed by atoms with van der Waals surface area (Å²) in [5, 5.41) is 73.4. The molecule has 0 spiro atoms. The summed E-state index contributed by atoms with van der Waals surface area (Å²) in [4.78, 5) is 27.3. The first kappa shape index (κ1) is 29.4. The summed E-state index contributed by atoms with van der Waals surface area (Å²) in [6, 6.07) is 14.4. The van der Waals surface area contributed by atoms with E-state index in [1.165, 1.54) is 54.6 Å². The zero-order valence-electron chi connectivity index (χ0n) is 24.0. The van der Waals surface area contributed by atoms with Crippen molar-refractivity contribution in [2.45, 2.75) is 37.7 Å². The number of hydrogen-bond donors (Lipinski definition) is 7. The van der Waals surface area contributed by atoms with Crippen LogP contribution in [-0.2, 0) is 0 Å². The molecule has 0 saturated carbocycles. The Morgan fingerprint density at radius 3 is 2.02 bits per heavy atom. The van der Waals surface area contributed by atoms with Crippen molar-refractivity contribution in [3.05, 3.63) is 106 Å². The average Bonchev–Trinajstić information content (AvgIpc) is 2.96. The lowest BCUT2D eigenvalue weighted by atomic mass is 9.65. The van der Waals surface area contributed by atoms with Crippen LogP contribution in [-0.4, -0.2) is 47.3 Å². The smallest absolute Gasteiger partial charge is 0.171 e. The number of ketones is 2. The molecule has 2 aliphatic rings.